The number of anilines is 2. The zero-order valence-corrected chi connectivity index (χ0v) is 30.5. The number of carbonyl (C=O) groups is 4. The molecule has 0 aliphatic carbocycles. The molecule has 1 fully saturated rings. The number of esters is 1. The lowest BCUT2D eigenvalue weighted by Crippen LogP contribution is -2.68. The molecule has 6 atom stereocenters. The van der Waals surface area contributed by atoms with Crippen LogP contribution in [0.3, 0.4) is 0 Å². The number of nitrogens with one attached hydrogen (secondary N) is 3. The number of aliphatic hydroxyl groups is 4. The number of benzene rings is 4. The van der Waals surface area contributed by atoms with E-state index in [1.165, 1.54) is 54.6 Å². The number of ether oxygens (including phenoxy) is 4. The molecule has 3 heterocycles. The topological polar surface area (TPSA) is 283 Å². The van der Waals surface area contributed by atoms with Crippen LogP contribution in [0.1, 0.15) is 52.4 Å². The Morgan fingerprint density at radius 3 is 2.07 bits per heavy atom. The van der Waals surface area contributed by atoms with Crippen molar-refractivity contribution in [2.75, 3.05) is 17.2 Å². The number of alkyl halides is 2. The molecule has 4 aromatic rings. The van der Waals surface area contributed by atoms with Crippen LogP contribution in [-0.2, 0) is 24.7 Å². The van der Waals surface area contributed by atoms with Gasteiger partial charge >= 0.3 is 23.8 Å². The van der Waals surface area contributed by atoms with Crippen molar-refractivity contribution in [2.24, 2.45) is 0 Å². The Morgan fingerprint density at radius 2 is 1.49 bits per heavy atom. The van der Waals surface area contributed by atoms with Crippen LogP contribution in [0, 0.1) is 0 Å². The monoisotopic (exact) mass is 823 g/mol. The Bertz CT molecular complexity index is 2310. The molecule has 310 valence electrons. The Balaban J connectivity index is 1.13. The van der Waals surface area contributed by atoms with Gasteiger partial charge in [-0.1, -0.05) is 6.07 Å². The number of urea groups is 1. The molecule has 3 aliphatic heterocycles. The number of amides is 3. The zero-order chi connectivity index (χ0) is 42.6. The third-order valence-electron chi connectivity index (χ3n) is 10.00. The summed E-state index contributed by atoms with van der Waals surface area (Å²) in [6, 6.07) is 13.0. The average molecular weight is 824 g/mol. The lowest BCUT2D eigenvalue weighted by molar-refractivity contribution is -0.284. The number of aromatic hydroxyl groups is 2. The van der Waals surface area contributed by atoms with E-state index in [-0.39, 0.29) is 39.9 Å². The molecule has 0 bridgehead atoms. The van der Waals surface area contributed by atoms with E-state index in [2.05, 4.69) is 16.0 Å². The molecule has 18 nitrogen and oxygen atoms in total. The van der Waals surface area contributed by atoms with Gasteiger partial charge in [0.1, 0.15) is 47.1 Å². The number of hydrogen-bond donors (Lipinski definition) is 10. The Kier molecular flexibility index (Phi) is 10.5. The lowest BCUT2D eigenvalue weighted by Gasteiger charge is -2.46. The quantitative estimate of drug-likeness (QED) is 0.103. The number of carboxylic acids is 1. The maximum Gasteiger partial charge on any atom is 0.377 e. The van der Waals surface area contributed by atoms with Gasteiger partial charge in [-0.2, -0.15) is 0 Å². The van der Waals surface area contributed by atoms with Crippen molar-refractivity contribution < 1.29 is 82.7 Å². The molecule has 0 saturated carbocycles. The van der Waals surface area contributed by atoms with E-state index in [0.29, 0.717) is 16.7 Å². The SMILES string of the molecule is CC(=O)NC1C(O)CC(Oc2ccc(NC(=O)Nc3ccc4c(c3)C(=O)OC43c4ccc(O)cc4Oc4cc(O)ccc43)cc2C(F)F)(C(=O)O)OC1C(O)C(O)CO. The summed E-state index contributed by atoms with van der Waals surface area (Å²) in [5, 5.41) is 78.6. The third kappa shape index (κ3) is 7.27. The van der Waals surface area contributed by atoms with Crippen molar-refractivity contribution in [3.05, 3.63) is 101 Å². The second-order valence-electron chi connectivity index (χ2n) is 13.9. The Labute approximate surface area is 331 Å². The minimum absolute atomic E-state index is 0.0377. The first-order valence-electron chi connectivity index (χ1n) is 17.7. The largest absolute Gasteiger partial charge is 0.508 e. The number of carboxylic acid groups (broad SMARTS) is 1. The Hall–Kier alpha value is -6.58. The predicted octanol–water partition coefficient (Wildman–Crippen LogP) is 2.78. The molecule has 59 heavy (non-hydrogen) atoms. The van der Waals surface area contributed by atoms with Gasteiger partial charge in [-0.05, 0) is 54.6 Å². The number of aliphatic hydroxyl groups excluding tert-OH is 4. The smallest absolute Gasteiger partial charge is 0.377 e. The summed E-state index contributed by atoms with van der Waals surface area (Å²) < 4.78 is 51.9. The van der Waals surface area contributed by atoms with Crippen molar-refractivity contribution in [3.8, 4) is 28.7 Å². The minimum atomic E-state index is -3.35. The Morgan fingerprint density at radius 1 is 0.898 bits per heavy atom. The summed E-state index contributed by atoms with van der Waals surface area (Å²) in [6.45, 7) is 0.00501. The van der Waals surface area contributed by atoms with Crippen LogP contribution in [0.4, 0.5) is 25.0 Å². The van der Waals surface area contributed by atoms with E-state index in [1.807, 2.05) is 0 Å². The maximum atomic E-state index is 14.5. The number of rotatable bonds is 10. The van der Waals surface area contributed by atoms with Crippen LogP contribution in [0.2, 0.25) is 0 Å². The average Bonchev–Trinajstić information content (AvgIpc) is 3.46. The molecule has 4 aromatic carbocycles. The molecule has 10 N–H and O–H groups in total. The van der Waals surface area contributed by atoms with Gasteiger partial charge in [0, 0.05) is 47.1 Å². The number of phenolic OH excluding ortho intramolecular Hbond substituents is 2. The van der Waals surface area contributed by atoms with Crippen molar-refractivity contribution in [1.29, 1.82) is 0 Å². The molecule has 0 radical (unpaired) electrons. The van der Waals surface area contributed by atoms with E-state index >= 15 is 0 Å². The molecule has 1 spiro atoms. The molecule has 1 saturated heterocycles. The lowest BCUT2D eigenvalue weighted by atomic mass is 9.77. The number of fused-ring (bicyclic) bond motifs is 6. The van der Waals surface area contributed by atoms with Gasteiger partial charge in [-0.3, -0.25) is 4.79 Å². The van der Waals surface area contributed by atoms with Crippen LogP contribution in [0.5, 0.6) is 28.7 Å². The second kappa shape index (κ2) is 15.3. The summed E-state index contributed by atoms with van der Waals surface area (Å²) in [4.78, 5) is 51.0. The van der Waals surface area contributed by atoms with Crippen LogP contribution in [-0.4, -0.2) is 102 Å². The van der Waals surface area contributed by atoms with Gasteiger partial charge in [0.25, 0.3) is 6.43 Å². The van der Waals surface area contributed by atoms with Gasteiger partial charge < -0.3 is 70.6 Å². The maximum absolute atomic E-state index is 14.5. The van der Waals surface area contributed by atoms with Crippen LogP contribution >= 0.6 is 0 Å². The number of aliphatic carboxylic acids is 1. The highest BCUT2D eigenvalue weighted by molar-refractivity contribution is 6.02. The third-order valence-corrected chi connectivity index (χ3v) is 10.00. The molecule has 6 unspecified atom stereocenters. The zero-order valence-electron chi connectivity index (χ0n) is 30.5. The van der Waals surface area contributed by atoms with Crippen molar-refractivity contribution in [1.82, 2.24) is 5.32 Å². The van der Waals surface area contributed by atoms with Gasteiger partial charge in [-0.25, -0.2) is 23.2 Å². The van der Waals surface area contributed by atoms with Crippen LogP contribution < -0.4 is 25.4 Å². The second-order valence-corrected chi connectivity index (χ2v) is 13.9. The fourth-order valence-corrected chi connectivity index (χ4v) is 7.38. The first-order valence-corrected chi connectivity index (χ1v) is 17.7. The number of hydrogen-bond acceptors (Lipinski definition) is 14. The number of carbonyl (C=O) groups excluding carboxylic acids is 3. The van der Waals surface area contributed by atoms with E-state index in [9.17, 15) is 63.7 Å². The van der Waals surface area contributed by atoms with E-state index in [4.69, 9.17) is 18.9 Å². The molecule has 7 rings (SSSR count). The molecule has 3 amide bonds. The molecular formula is C39H35F2N3O15. The standard InChI is InChI=1S/C39H35F2N3O15/c1-16(46)42-31-26(49)14-38(36(53)54,58-33(31)32(51)27(50)15-45)57-28-9-3-18(11-22(28)34(40)41)44-37(55)43-17-2-6-23-21(10-17)35(52)59-39(23)24-7-4-19(47)12-29(24)56-30-13-20(48)5-8-25(30)39/h2-13,26-27,31-34,45,47-51H,14-15H2,1H3,(H,42,46)(H,53,54)(H2,43,44,55). The summed E-state index contributed by atoms with van der Waals surface area (Å²) in [7, 11) is 0. The van der Waals surface area contributed by atoms with Gasteiger partial charge in [-0.15, -0.1) is 0 Å². The number of phenols is 2. The normalized spacial score (nSPS) is 22.2. The van der Waals surface area contributed by atoms with Crippen LogP contribution in [0.15, 0.2) is 72.8 Å². The van der Waals surface area contributed by atoms with Gasteiger partial charge in [0.15, 0.2) is 5.60 Å². The van der Waals surface area contributed by atoms with Gasteiger partial charge in [0.05, 0.1) is 36.3 Å². The summed E-state index contributed by atoms with van der Waals surface area (Å²) in [5.74, 6) is -7.17. The fourth-order valence-electron chi connectivity index (χ4n) is 7.38. The summed E-state index contributed by atoms with van der Waals surface area (Å²) in [5.41, 5.74) is -1.55. The number of halogens is 2. The fraction of sp³-hybridized carbons (Fsp3) is 0.282. The first kappa shape index (κ1) is 40.6. The minimum Gasteiger partial charge on any atom is -0.508 e. The molecular weight excluding hydrogens is 788 g/mol. The highest BCUT2D eigenvalue weighted by atomic mass is 19.3. The van der Waals surface area contributed by atoms with Crippen molar-refractivity contribution in [3.63, 3.8) is 0 Å². The first-order chi connectivity index (χ1) is 28.0. The van der Waals surface area contributed by atoms with E-state index in [0.717, 1.165) is 25.1 Å². The highest BCUT2D eigenvalue weighted by Crippen LogP contribution is 2.57. The van der Waals surface area contributed by atoms with E-state index < -0.39 is 96.5 Å². The predicted molar refractivity (Wildman–Crippen MR) is 195 cm³/mol. The molecule has 3 aliphatic rings. The van der Waals surface area contributed by atoms with Crippen LogP contribution in [0.25, 0.3) is 0 Å². The van der Waals surface area contributed by atoms with Gasteiger partial charge in [0.2, 0.25) is 5.91 Å². The summed E-state index contributed by atoms with van der Waals surface area (Å²) in [6.07, 6.45) is -12.1. The molecule has 0 aromatic heterocycles. The van der Waals surface area contributed by atoms with Crippen molar-refractivity contribution in [2.45, 2.75) is 61.6 Å². The van der Waals surface area contributed by atoms with Crippen molar-refractivity contribution >= 4 is 35.3 Å². The molecule has 20 heteroatoms. The highest BCUT2D eigenvalue weighted by Gasteiger charge is 2.57. The van der Waals surface area contributed by atoms with E-state index in [1.54, 1.807) is 0 Å². The summed E-state index contributed by atoms with van der Waals surface area (Å²) >= 11 is 0.